The first-order chi connectivity index (χ1) is 8.70. The molecular weight excluding hydrogens is 220 g/mol. The largest absolute Gasteiger partial charge is 0.370 e. The monoisotopic (exact) mass is 242 g/mol. The van der Waals surface area contributed by atoms with Gasteiger partial charge in [-0.15, -0.1) is 0 Å². The minimum atomic E-state index is 0.131. The maximum atomic E-state index is 6.23. The maximum Gasteiger partial charge on any atom is 0.0936 e. The zero-order valence-electron chi connectivity index (χ0n) is 11.4. The zero-order valence-corrected chi connectivity index (χ0v) is 11.4. The first-order valence-corrected chi connectivity index (χ1v) is 7.48. The van der Waals surface area contributed by atoms with Crippen LogP contribution in [0, 0.1) is 5.92 Å². The van der Waals surface area contributed by atoms with E-state index in [1.54, 1.807) is 11.1 Å². The van der Waals surface area contributed by atoms with Gasteiger partial charge in [-0.1, -0.05) is 32.0 Å². The highest BCUT2D eigenvalue weighted by Crippen LogP contribution is 2.56. The molecule has 3 aliphatic rings. The summed E-state index contributed by atoms with van der Waals surface area (Å²) in [7, 11) is 0. The molecule has 18 heavy (non-hydrogen) atoms. The molecule has 1 aromatic carbocycles. The molecule has 0 N–H and O–H groups in total. The topological polar surface area (TPSA) is 9.23 Å². The average molecular weight is 242 g/mol. The molecule has 1 aromatic rings. The van der Waals surface area contributed by atoms with Crippen LogP contribution in [0.15, 0.2) is 18.2 Å². The van der Waals surface area contributed by atoms with Crippen molar-refractivity contribution >= 4 is 0 Å². The number of fused-ring (bicyclic) bond motifs is 2. The van der Waals surface area contributed by atoms with Crippen molar-refractivity contribution in [1.82, 2.24) is 0 Å². The Kier molecular flexibility index (Phi) is 2.21. The van der Waals surface area contributed by atoms with Gasteiger partial charge in [0.05, 0.1) is 12.2 Å². The molecule has 96 valence electrons. The minimum Gasteiger partial charge on any atom is -0.370 e. The van der Waals surface area contributed by atoms with Gasteiger partial charge in [0.25, 0.3) is 0 Å². The van der Waals surface area contributed by atoms with Gasteiger partial charge in [0.1, 0.15) is 0 Å². The number of rotatable bonds is 2. The normalized spacial score (nSPS) is 28.5. The number of hydrogen-bond donors (Lipinski definition) is 0. The minimum absolute atomic E-state index is 0.131. The highest BCUT2D eigenvalue weighted by atomic mass is 16.5. The van der Waals surface area contributed by atoms with Crippen molar-refractivity contribution in [3.8, 4) is 0 Å². The van der Waals surface area contributed by atoms with Crippen molar-refractivity contribution in [3.05, 3.63) is 34.9 Å². The van der Waals surface area contributed by atoms with Crippen LogP contribution in [0.25, 0.3) is 0 Å². The van der Waals surface area contributed by atoms with E-state index in [0.29, 0.717) is 11.8 Å². The molecule has 1 atom stereocenters. The Labute approximate surface area is 110 Å². The summed E-state index contributed by atoms with van der Waals surface area (Å²) in [5.74, 6) is 2.12. The lowest BCUT2D eigenvalue weighted by molar-refractivity contribution is -0.00163. The fourth-order valence-electron chi connectivity index (χ4n) is 3.46. The Hall–Kier alpha value is -0.820. The molecule has 2 saturated carbocycles. The summed E-state index contributed by atoms with van der Waals surface area (Å²) in [4.78, 5) is 0. The molecule has 2 aliphatic carbocycles. The molecule has 4 rings (SSSR count). The quantitative estimate of drug-likeness (QED) is 0.750. The van der Waals surface area contributed by atoms with Crippen LogP contribution in [0.3, 0.4) is 0 Å². The lowest BCUT2D eigenvalue weighted by Gasteiger charge is -2.34. The van der Waals surface area contributed by atoms with E-state index in [2.05, 4.69) is 32.0 Å². The summed E-state index contributed by atoms with van der Waals surface area (Å²) in [5, 5.41) is 0. The van der Waals surface area contributed by atoms with Gasteiger partial charge < -0.3 is 4.74 Å². The molecule has 0 aromatic heterocycles. The van der Waals surface area contributed by atoms with Crippen LogP contribution >= 0.6 is 0 Å². The summed E-state index contributed by atoms with van der Waals surface area (Å²) in [6.07, 6.45) is 5.25. The van der Waals surface area contributed by atoms with Gasteiger partial charge in [-0.3, -0.25) is 0 Å². The van der Waals surface area contributed by atoms with E-state index in [4.69, 9.17) is 4.74 Å². The highest BCUT2D eigenvalue weighted by molar-refractivity contribution is 5.45. The Morgan fingerprint density at radius 2 is 2.00 bits per heavy atom. The number of ether oxygens (including phenoxy) is 1. The Balaban J connectivity index is 1.81. The predicted molar refractivity (Wildman–Crippen MR) is 72.9 cm³/mol. The highest BCUT2D eigenvalue weighted by Gasteiger charge is 2.51. The Morgan fingerprint density at radius 3 is 2.61 bits per heavy atom. The average Bonchev–Trinajstić information content (AvgIpc) is 3.24. The fraction of sp³-hybridized carbons (Fsp3) is 0.647. The second-order valence-corrected chi connectivity index (χ2v) is 6.78. The number of benzene rings is 1. The molecule has 2 fully saturated rings. The van der Waals surface area contributed by atoms with Crippen LogP contribution in [-0.4, -0.2) is 6.61 Å². The van der Waals surface area contributed by atoms with Crippen molar-refractivity contribution in [3.63, 3.8) is 0 Å². The van der Waals surface area contributed by atoms with Gasteiger partial charge in [0, 0.05) is 5.92 Å². The van der Waals surface area contributed by atoms with E-state index >= 15 is 0 Å². The van der Waals surface area contributed by atoms with E-state index in [1.807, 2.05) is 0 Å². The van der Waals surface area contributed by atoms with Crippen molar-refractivity contribution in [1.29, 1.82) is 0 Å². The number of hydrogen-bond acceptors (Lipinski definition) is 1. The maximum absolute atomic E-state index is 6.23. The van der Waals surface area contributed by atoms with Crippen molar-refractivity contribution in [2.75, 3.05) is 6.61 Å². The summed E-state index contributed by atoms with van der Waals surface area (Å²) < 4.78 is 6.23. The van der Waals surface area contributed by atoms with Crippen LogP contribution < -0.4 is 0 Å². The van der Waals surface area contributed by atoms with Gasteiger partial charge in [0.2, 0.25) is 0 Å². The van der Waals surface area contributed by atoms with Crippen LogP contribution in [0.4, 0.5) is 0 Å². The standard InChI is InChI=1S/C17H22O/c1-11(2)15-10-18-17(7-8-17)16-9-13(12-3-4-12)5-6-14(15)16/h5-6,9,11-12,15H,3-4,7-8,10H2,1-2H3/t15-/m1/s1. The molecule has 1 spiro atoms. The van der Waals surface area contributed by atoms with Gasteiger partial charge in [-0.05, 0) is 54.2 Å². The summed E-state index contributed by atoms with van der Waals surface area (Å²) in [5.41, 5.74) is 4.81. The SMILES string of the molecule is CC(C)[C@H]1COC2(CC2)c2cc(C3CC3)ccc21. The van der Waals surface area contributed by atoms with Crippen molar-refractivity contribution < 1.29 is 4.74 Å². The molecule has 0 amide bonds. The second-order valence-electron chi connectivity index (χ2n) is 6.78. The third kappa shape index (κ3) is 1.56. The molecular formula is C17H22O. The van der Waals surface area contributed by atoms with E-state index in [-0.39, 0.29) is 5.60 Å². The van der Waals surface area contributed by atoms with Crippen LogP contribution in [0.1, 0.15) is 68.1 Å². The van der Waals surface area contributed by atoms with Gasteiger partial charge in [0.15, 0.2) is 0 Å². The molecule has 1 heteroatoms. The van der Waals surface area contributed by atoms with E-state index in [9.17, 15) is 0 Å². The third-order valence-corrected chi connectivity index (χ3v) is 5.06. The van der Waals surface area contributed by atoms with Crippen molar-refractivity contribution in [2.24, 2.45) is 5.92 Å². The zero-order chi connectivity index (χ0) is 12.3. The van der Waals surface area contributed by atoms with E-state index in [0.717, 1.165) is 12.5 Å². The molecule has 1 heterocycles. The fourth-order valence-corrected chi connectivity index (χ4v) is 3.46. The first-order valence-electron chi connectivity index (χ1n) is 7.48. The van der Waals surface area contributed by atoms with Crippen molar-refractivity contribution in [2.45, 2.75) is 57.0 Å². The summed E-state index contributed by atoms with van der Waals surface area (Å²) in [6, 6.07) is 7.28. The third-order valence-electron chi connectivity index (χ3n) is 5.06. The lowest BCUT2D eigenvalue weighted by Crippen LogP contribution is -2.29. The van der Waals surface area contributed by atoms with E-state index < -0.39 is 0 Å². The summed E-state index contributed by atoms with van der Waals surface area (Å²) in [6.45, 7) is 5.56. The predicted octanol–water partition coefficient (Wildman–Crippen LogP) is 4.32. The lowest BCUT2D eigenvalue weighted by atomic mass is 9.81. The summed E-state index contributed by atoms with van der Waals surface area (Å²) >= 11 is 0. The van der Waals surface area contributed by atoms with E-state index in [1.165, 1.54) is 31.2 Å². The van der Waals surface area contributed by atoms with Crippen LogP contribution in [0.5, 0.6) is 0 Å². The van der Waals surface area contributed by atoms with Gasteiger partial charge in [-0.2, -0.15) is 0 Å². The van der Waals surface area contributed by atoms with Crippen LogP contribution in [-0.2, 0) is 10.3 Å². The smallest absolute Gasteiger partial charge is 0.0936 e. The Morgan fingerprint density at radius 1 is 1.22 bits per heavy atom. The molecule has 1 aliphatic heterocycles. The molecule has 1 nitrogen and oxygen atoms in total. The molecule has 0 unspecified atom stereocenters. The second kappa shape index (κ2) is 3.60. The van der Waals surface area contributed by atoms with Gasteiger partial charge in [-0.25, -0.2) is 0 Å². The first kappa shape index (κ1) is 11.0. The Bertz CT molecular complexity index is 480. The molecule has 0 saturated heterocycles. The molecule has 0 radical (unpaired) electrons. The molecule has 0 bridgehead atoms. The van der Waals surface area contributed by atoms with Crippen LogP contribution in [0.2, 0.25) is 0 Å². The van der Waals surface area contributed by atoms with Gasteiger partial charge >= 0.3 is 0 Å².